The zero-order valence-corrected chi connectivity index (χ0v) is 12.0. The highest BCUT2D eigenvalue weighted by Gasteiger charge is 2.10. The number of aromatic nitrogens is 4. The number of nitrogens with two attached hydrogens (primary N) is 1. The Morgan fingerprint density at radius 3 is 2.85 bits per heavy atom. The van der Waals surface area contributed by atoms with Crippen molar-refractivity contribution >= 4 is 32.8 Å². The highest BCUT2D eigenvalue weighted by Crippen LogP contribution is 2.22. The number of hydrogen-bond acceptors (Lipinski definition) is 4. The molecule has 3 N–H and O–H groups in total. The van der Waals surface area contributed by atoms with Gasteiger partial charge in [0.15, 0.2) is 0 Å². The molecule has 0 aliphatic rings. The maximum Gasteiger partial charge on any atom is 0.132 e. The molecule has 2 heterocycles. The number of nitrogens with zero attached hydrogens (tertiary/aromatic N) is 4. The summed E-state index contributed by atoms with van der Waals surface area (Å²) in [6.07, 6.45) is 1.69. The Labute approximate surface area is 122 Å². The van der Waals surface area contributed by atoms with Gasteiger partial charge in [-0.15, -0.1) is 5.10 Å². The molecular formula is C13H11BrN6. The summed E-state index contributed by atoms with van der Waals surface area (Å²) in [6, 6.07) is 9.29. The van der Waals surface area contributed by atoms with Crippen LogP contribution in [0.5, 0.6) is 0 Å². The van der Waals surface area contributed by atoms with Gasteiger partial charge in [0.05, 0.1) is 15.7 Å². The summed E-state index contributed by atoms with van der Waals surface area (Å²) in [4.78, 5) is 0. The van der Waals surface area contributed by atoms with E-state index in [4.69, 9.17) is 11.1 Å². The van der Waals surface area contributed by atoms with Crippen LogP contribution in [0.2, 0.25) is 0 Å². The molecule has 0 unspecified atom stereocenters. The smallest absolute Gasteiger partial charge is 0.132 e. The minimum atomic E-state index is 0.218. The van der Waals surface area contributed by atoms with E-state index in [1.807, 2.05) is 24.3 Å². The fourth-order valence-electron chi connectivity index (χ4n) is 1.96. The lowest BCUT2D eigenvalue weighted by molar-refractivity contribution is 0.807. The van der Waals surface area contributed by atoms with E-state index in [-0.39, 0.29) is 11.3 Å². The summed E-state index contributed by atoms with van der Waals surface area (Å²) in [5.74, 6) is 0.283. The average molecular weight is 331 g/mol. The third-order valence-electron chi connectivity index (χ3n) is 2.91. The maximum absolute atomic E-state index is 7.99. The largest absolute Gasteiger partial charge is 0.385 e. The molecule has 1 aromatic carbocycles. The Kier molecular flexibility index (Phi) is 2.90. The molecule has 0 radical (unpaired) electrons. The Morgan fingerprint density at radius 2 is 2.10 bits per heavy atom. The zero-order chi connectivity index (χ0) is 14.3. The predicted molar refractivity (Wildman–Crippen MR) is 79.9 cm³/mol. The Morgan fingerprint density at radius 1 is 1.35 bits per heavy atom. The molecule has 0 aliphatic carbocycles. The summed E-state index contributed by atoms with van der Waals surface area (Å²) in [7, 11) is 0. The van der Waals surface area contributed by atoms with Crippen molar-refractivity contribution in [1.29, 1.82) is 5.41 Å². The van der Waals surface area contributed by atoms with E-state index < -0.39 is 0 Å². The molecule has 0 aliphatic heterocycles. The van der Waals surface area contributed by atoms with Gasteiger partial charge in [-0.1, -0.05) is 23.9 Å². The van der Waals surface area contributed by atoms with Crippen molar-refractivity contribution in [1.82, 2.24) is 19.6 Å². The second-order valence-electron chi connectivity index (χ2n) is 4.24. The van der Waals surface area contributed by atoms with Gasteiger partial charge >= 0.3 is 0 Å². The molecule has 0 fully saturated rings. The molecule has 0 spiro atoms. The molecule has 3 aromatic rings. The molecule has 6 nitrogen and oxygen atoms in total. The minimum Gasteiger partial charge on any atom is -0.385 e. The van der Waals surface area contributed by atoms with Crippen LogP contribution in [0.25, 0.3) is 22.5 Å². The molecule has 20 heavy (non-hydrogen) atoms. The minimum absolute atomic E-state index is 0.218. The number of pyridine rings is 1. The van der Waals surface area contributed by atoms with Crippen LogP contribution < -0.4 is 11.2 Å². The summed E-state index contributed by atoms with van der Waals surface area (Å²) in [6.45, 7) is 3.63. The molecule has 100 valence electrons. The molecule has 3 rings (SSSR count). The van der Waals surface area contributed by atoms with Crippen molar-refractivity contribution < 1.29 is 0 Å². The second-order valence-corrected chi connectivity index (χ2v) is 5.10. The zero-order valence-electron chi connectivity index (χ0n) is 10.4. The van der Waals surface area contributed by atoms with Gasteiger partial charge in [-0.2, -0.15) is 0 Å². The molecule has 0 bridgehead atoms. The molecule has 7 heteroatoms. The molecule has 0 saturated heterocycles. The summed E-state index contributed by atoms with van der Waals surface area (Å²) in [5.41, 5.74) is 8.25. The second kappa shape index (κ2) is 4.61. The van der Waals surface area contributed by atoms with Gasteiger partial charge in [-0.05, 0) is 28.1 Å². The number of hydrogen-bond donors (Lipinski definition) is 2. The summed E-state index contributed by atoms with van der Waals surface area (Å²) >= 11 is 3.47. The van der Waals surface area contributed by atoms with Gasteiger partial charge in [0, 0.05) is 12.3 Å². The van der Waals surface area contributed by atoms with Crippen LogP contribution in [0.4, 0.5) is 0 Å². The topological polar surface area (TPSA) is 85.5 Å². The van der Waals surface area contributed by atoms with E-state index in [1.54, 1.807) is 16.9 Å². The Balaban J connectivity index is 2.28. The monoisotopic (exact) mass is 330 g/mol. The first-order valence-corrected chi connectivity index (χ1v) is 6.59. The number of rotatable bonds is 2. The molecule has 0 saturated carbocycles. The summed E-state index contributed by atoms with van der Waals surface area (Å²) in [5, 5.41) is 16.2. The van der Waals surface area contributed by atoms with Gasteiger partial charge < -0.3 is 5.73 Å². The van der Waals surface area contributed by atoms with E-state index in [0.29, 0.717) is 0 Å². The fraction of sp³-hybridized carbons (Fsp3) is 0. The van der Waals surface area contributed by atoms with Crippen LogP contribution in [0.3, 0.4) is 0 Å². The van der Waals surface area contributed by atoms with E-state index in [2.05, 4.69) is 32.8 Å². The van der Waals surface area contributed by atoms with Gasteiger partial charge in [0.1, 0.15) is 16.8 Å². The predicted octanol–water partition coefficient (Wildman–Crippen LogP) is 1.85. The number of para-hydroxylation sites is 1. The lowest BCUT2D eigenvalue weighted by Gasteiger charge is -2.10. The van der Waals surface area contributed by atoms with Crippen molar-refractivity contribution in [3.8, 4) is 5.69 Å². The van der Waals surface area contributed by atoms with Crippen molar-refractivity contribution in [2.24, 2.45) is 5.73 Å². The van der Waals surface area contributed by atoms with Crippen LogP contribution in [-0.4, -0.2) is 19.6 Å². The van der Waals surface area contributed by atoms with Crippen LogP contribution in [0.1, 0.15) is 0 Å². The number of nitrogens with one attached hydrogen (secondary N) is 1. The van der Waals surface area contributed by atoms with Gasteiger partial charge in [-0.3, -0.25) is 9.98 Å². The van der Waals surface area contributed by atoms with Gasteiger partial charge in [0.25, 0.3) is 0 Å². The van der Waals surface area contributed by atoms with Crippen LogP contribution >= 0.6 is 15.9 Å². The first-order valence-electron chi connectivity index (χ1n) is 5.80. The van der Waals surface area contributed by atoms with E-state index in [9.17, 15) is 0 Å². The Hall–Kier alpha value is -2.41. The van der Waals surface area contributed by atoms with Crippen LogP contribution in [0, 0.1) is 5.41 Å². The molecule has 0 amide bonds. The van der Waals surface area contributed by atoms with E-state index in [0.717, 1.165) is 21.2 Å². The third-order valence-corrected chi connectivity index (χ3v) is 3.52. The fourth-order valence-corrected chi connectivity index (χ4v) is 2.45. The number of benzene rings is 1. The van der Waals surface area contributed by atoms with Gasteiger partial charge in [0.2, 0.25) is 0 Å². The number of halogens is 1. The molecular weight excluding hydrogens is 320 g/mol. The van der Waals surface area contributed by atoms with Crippen molar-refractivity contribution in [3.63, 3.8) is 0 Å². The molecule has 0 atom stereocenters. The van der Waals surface area contributed by atoms with Crippen LogP contribution in [-0.2, 0) is 0 Å². The normalized spacial score (nSPS) is 10.8. The van der Waals surface area contributed by atoms with Crippen molar-refractivity contribution in [3.05, 3.63) is 53.1 Å². The first-order chi connectivity index (χ1) is 9.58. The van der Waals surface area contributed by atoms with E-state index in [1.165, 1.54) is 4.57 Å². The maximum atomic E-state index is 7.99. The highest BCUT2D eigenvalue weighted by atomic mass is 79.9. The Bertz CT molecular complexity index is 876. The first kappa shape index (κ1) is 12.6. The average Bonchev–Trinajstić information content (AvgIpc) is 2.84. The molecule has 2 aromatic heterocycles. The quantitative estimate of drug-likeness (QED) is 0.751. The lowest BCUT2D eigenvalue weighted by Crippen LogP contribution is -2.22. The van der Waals surface area contributed by atoms with Gasteiger partial charge in [-0.25, -0.2) is 4.68 Å². The summed E-state index contributed by atoms with van der Waals surface area (Å²) < 4.78 is 3.91. The van der Waals surface area contributed by atoms with Crippen LogP contribution in [0.15, 0.2) is 47.6 Å². The van der Waals surface area contributed by atoms with Crippen molar-refractivity contribution in [2.75, 3.05) is 0 Å². The SMILES string of the molecule is C=C(N)n1cc(Br)c(-n2nnc3ccccc32)cc1=N. The van der Waals surface area contributed by atoms with Crippen molar-refractivity contribution in [2.45, 2.75) is 0 Å². The van der Waals surface area contributed by atoms with E-state index >= 15 is 0 Å². The standard InChI is InChI=1S/C13H11BrN6/c1-8(15)19-7-9(14)12(6-13(19)16)20-11-5-3-2-4-10(11)17-18-20/h2-7,16H,1,15H2. The lowest BCUT2D eigenvalue weighted by atomic mass is 10.3. The number of fused-ring (bicyclic) bond motifs is 1. The highest BCUT2D eigenvalue weighted by molar-refractivity contribution is 9.10. The third kappa shape index (κ3) is 1.92.